The van der Waals surface area contributed by atoms with Gasteiger partial charge in [-0.1, -0.05) is 11.2 Å². The lowest BCUT2D eigenvalue weighted by Gasteiger charge is -2.16. The summed E-state index contributed by atoms with van der Waals surface area (Å²) in [7, 11) is 1.62. The van der Waals surface area contributed by atoms with Gasteiger partial charge in [-0.25, -0.2) is 23.7 Å². The van der Waals surface area contributed by atoms with E-state index in [-0.39, 0.29) is 24.8 Å². The van der Waals surface area contributed by atoms with Crippen molar-refractivity contribution < 1.29 is 23.2 Å². The molecule has 0 aliphatic carbocycles. The number of hydrogen-bond acceptors (Lipinski definition) is 9. The quantitative estimate of drug-likeness (QED) is 0.518. The summed E-state index contributed by atoms with van der Waals surface area (Å²) in [5.74, 6) is 0.0518. The molecule has 10 nitrogen and oxygen atoms in total. The summed E-state index contributed by atoms with van der Waals surface area (Å²) in [6, 6.07) is 8.57. The van der Waals surface area contributed by atoms with Crippen LogP contribution in [-0.2, 0) is 10.4 Å². The van der Waals surface area contributed by atoms with Crippen LogP contribution in [-0.4, -0.2) is 86.6 Å². The summed E-state index contributed by atoms with van der Waals surface area (Å²) < 4.78 is 30.6. The molecule has 12 heteroatoms. The molecule has 5 rings (SSSR count). The molecule has 2 unspecified atom stereocenters. The molecule has 1 amide bonds. The average molecular weight is 485 g/mol. The minimum atomic E-state index is -2.35. The monoisotopic (exact) mass is 485 g/mol. The van der Waals surface area contributed by atoms with Crippen molar-refractivity contribution in [3.05, 3.63) is 42.3 Å². The van der Waals surface area contributed by atoms with Crippen LogP contribution in [0.5, 0.6) is 0 Å². The topological polar surface area (TPSA) is 121 Å². The maximum atomic E-state index is 12.6. The largest absolute Gasteiger partial charge is 0.373 e. The first-order valence-corrected chi connectivity index (χ1v) is 11.3. The van der Waals surface area contributed by atoms with Gasteiger partial charge in [-0.05, 0) is 24.6 Å². The number of anilines is 1. The summed E-state index contributed by atoms with van der Waals surface area (Å²) in [5, 5.41) is 18.0. The van der Waals surface area contributed by atoms with Crippen LogP contribution in [0.25, 0.3) is 22.8 Å². The number of aliphatic hydroxyl groups is 1. The van der Waals surface area contributed by atoms with Gasteiger partial charge < -0.3 is 19.8 Å². The molecule has 0 spiro atoms. The number of rotatable bonds is 7. The normalized spacial score (nSPS) is 22.9. The molecule has 3 aromatic heterocycles. The Hall–Kier alpha value is -3.51. The molecular weight excluding hydrogens is 460 g/mol. The van der Waals surface area contributed by atoms with Gasteiger partial charge in [-0.3, -0.25) is 9.69 Å². The number of alkyl halides is 2. The van der Waals surface area contributed by atoms with Gasteiger partial charge in [0.15, 0.2) is 5.76 Å². The fraction of sp³-hybridized carbons (Fsp3) is 0.435. The van der Waals surface area contributed by atoms with E-state index in [4.69, 9.17) is 4.52 Å². The lowest BCUT2D eigenvalue weighted by atomic mass is 9.98. The van der Waals surface area contributed by atoms with Gasteiger partial charge in [0, 0.05) is 51.4 Å². The number of carbonyl (C=O) groups is 1. The first kappa shape index (κ1) is 23.2. The smallest absolute Gasteiger partial charge is 0.262 e. The van der Waals surface area contributed by atoms with E-state index in [9.17, 15) is 18.7 Å². The van der Waals surface area contributed by atoms with Crippen molar-refractivity contribution >= 4 is 11.9 Å². The molecule has 2 saturated heterocycles. The van der Waals surface area contributed by atoms with Gasteiger partial charge in [-0.2, -0.15) is 0 Å². The predicted molar refractivity (Wildman–Crippen MR) is 121 cm³/mol. The molecule has 2 atom stereocenters. The van der Waals surface area contributed by atoms with Gasteiger partial charge in [-0.15, -0.1) is 0 Å². The van der Waals surface area contributed by atoms with Crippen LogP contribution in [0.4, 0.5) is 14.7 Å². The maximum Gasteiger partial charge on any atom is 0.262 e. The molecule has 2 aliphatic rings. The van der Waals surface area contributed by atoms with Crippen LogP contribution in [0.2, 0.25) is 0 Å². The number of carbonyl (C=O) groups excluding carboxylic acids is 1. The summed E-state index contributed by atoms with van der Waals surface area (Å²) in [6.45, 7) is 1.29. The number of aromatic nitrogens is 4. The molecule has 2 aliphatic heterocycles. The maximum absolute atomic E-state index is 12.6. The van der Waals surface area contributed by atoms with Crippen molar-refractivity contribution in [3.8, 4) is 22.8 Å². The van der Waals surface area contributed by atoms with Crippen LogP contribution >= 0.6 is 0 Å². The van der Waals surface area contributed by atoms with Gasteiger partial charge >= 0.3 is 0 Å². The van der Waals surface area contributed by atoms with E-state index in [1.807, 2.05) is 0 Å². The zero-order valence-electron chi connectivity index (χ0n) is 19.1. The lowest BCUT2D eigenvalue weighted by Crippen LogP contribution is -2.35. The molecular formula is C23H25F2N7O3. The minimum Gasteiger partial charge on any atom is -0.373 e. The average Bonchev–Trinajstić information content (AvgIpc) is 3.57. The second kappa shape index (κ2) is 9.27. The summed E-state index contributed by atoms with van der Waals surface area (Å²) in [6.07, 6.45) is 0.210. The standard InChI is InChI=1S/C23H25F2N7O3/c1-31-10-7-23(34,21(31)33)19-11-18(30-35-19)16-4-2-3-15(28-16)17-5-8-26-22(29-17)27-14-6-9-32(12-14)13-20(24)25/h2-5,8,11,14,20,34H,6-7,9-10,12-13H2,1H3,(H,26,27,29). The third-order valence-corrected chi connectivity index (χ3v) is 6.36. The Morgan fingerprint density at radius 3 is 2.71 bits per heavy atom. The second-order valence-corrected chi connectivity index (χ2v) is 8.87. The molecule has 5 heterocycles. The minimum absolute atomic E-state index is 0.0139. The molecule has 184 valence electrons. The van der Waals surface area contributed by atoms with E-state index in [1.54, 1.807) is 42.4 Å². The van der Waals surface area contributed by atoms with Crippen LogP contribution < -0.4 is 5.32 Å². The van der Waals surface area contributed by atoms with Crippen molar-refractivity contribution in [2.24, 2.45) is 0 Å². The number of hydrogen-bond donors (Lipinski definition) is 2. The van der Waals surface area contributed by atoms with Crippen LogP contribution in [0, 0.1) is 0 Å². The molecule has 0 aromatic carbocycles. The number of likely N-dealkylation sites (N-methyl/N-ethyl adjacent to an activating group) is 1. The summed E-state index contributed by atoms with van der Waals surface area (Å²) in [5.41, 5.74) is 0.289. The number of nitrogens with zero attached hydrogens (tertiary/aromatic N) is 6. The molecule has 0 bridgehead atoms. The molecule has 0 radical (unpaired) electrons. The number of nitrogens with one attached hydrogen (secondary N) is 1. The van der Waals surface area contributed by atoms with E-state index in [0.717, 1.165) is 6.42 Å². The summed E-state index contributed by atoms with van der Waals surface area (Å²) >= 11 is 0. The van der Waals surface area contributed by atoms with Crippen molar-refractivity contribution in [2.75, 3.05) is 38.5 Å². The molecule has 3 aromatic rings. The highest BCUT2D eigenvalue weighted by Crippen LogP contribution is 2.34. The molecule has 2 N–H and O–H groups in total. The first-order chi connectivity index (χ1) is 16.8. The van der Waals surface area contributed by atoms with Gasteiger partial charge in [0.1, 0.15) is 5.69 Å². The number of likely N-dealkylation sites (tertiary alicyclic amines) is 2. The van der Waals surface area contributed by atoms with Crippen molar-refractivity contribution in [3.63, 3.8) is 0 Å². The van der Waals surface area contributed by atoms with E-state index in [1.165, 1.54) is 11.0 Å². The molecule has 2 fully saturated rings. The first-order valence-electron chi connectivity index (χ1n) is 11.3. The van der Waals surface area contributed by atoms with Gasteiger partial charge in [0.2, 0.25) is 11.5 Å². The van der Waals surface area contributed by atoms with Crippen LogP contribution in [0.3, 0.4) is 0 Å². The Labute approximate surface area is 200 Å². The van der Waals surface area contributed by atoms with E-state index in [2.05, 4.69) is 25.4 Å². The van der Waals surface area contributed by atoms with Crippen molar-refractivity contribution in [2.45, 2.75) is 30.9 Å². The van der Waals surface area contributed by atoms with Crippen molar-refractivity contribution in [1.29, 1.82) is 0 Å². The lowest BCUT2D eigenvalue weighted by molar-refractivity contribution is -0.144. The van der Waals surface area contributed by atoms with Gasteiger partial charge in [0.25, 0.3) is 12.3 Å². The van der Waals surface area contributed by atoms with E-state index >= 15 is 0 Å². The zero-order valence-corrected chi connectivity index (χ0v) is 19.1. The predicted octanol–water partition coefficient (Wildman–Crippen LogP) is 1.99. The molecule has 0 saturated carbocycles. The summed E-state index contributed by atoms with van der Waals surface area (Å²) in [4.78, 5) is 28.9. The SMILES string of the molecule is CN1CCC(O)(c2cc(-c3cccc(-c4ccnc(NC5CCN(CC(F)F)C5)n4)n3)no2)C1=O. The Balaban J connectivity index is 1.32. The zero-order chi connectivity index (χ0) is 24.6. The highest BCUT2D eigenvalue weighted by molar-refractivity contribution is 5.87. The fourth-order valence-corrected chi connectivity index (χ4v) is 4.46. The second-order valence-electron chi connectivity index (χ2n) is 8.87. The Morgan fingerprint density at radius 2 is 1.97 bits per heavy atom. The van der Waals surface area contributed by atoms with Crippen LogP contribution in [0.15, 0.2) is 41.1 Å². The Bertz CT molecular complexity index is 1220. The highest BCUT2D eigenvalue weighted by Gasteiger charge is 2.48. The fourth-order valence-electron chi connectivity index (χ4n) is 4.46. The van der Waals surface area contributed by atoms with E-state index < -0.39 is 17.9 Å². The third kappa shape index (κ3) is 4.71. The Morgan fingerprint density at radius 1 is 1.20 bits per heavy atom. The number of halogens is 2. The van der Waals surface area contributed by atoms with Gasteiger partial charge in [0.05, 0.1) is 23.6 Å². The van der Waals surface area contributed by atoms with Crippen molar-refractivity contribution in [1.82, 2.24) is 29.9 Å². The number of amides is 1. The van der Waals surface area contributed by atoms with E-state index in [0.29, 0.717) is 48.4 Å². The third-order valence-electron chi connectivity index (χ3n) is 6.36. The number of pyridine rings is 1. The molecule has 35 heavy (non-hydrogen) atoms. The Kier molecular flexibility index (Phi) is 6.15. The van der Waals surface area contributed by atoms with Crippen LogP contribution in [0.1, 0.15) is 18.6 Å². The highest BCUT2D eigenvalue weighted by atomic mass is 19.3.